The predicted molar refractivity (Wildman–Crippen MR) is 79.7 cm³/mol. The highest BCUT2D eigenvalue weighted by Crippen LogP contribution is 2.21. The highest BCUT2D eigenvalue weighted by atomic mass is 35.5. The summed E-state index contributed by atoms with van der Waals surface area (Å²) in [7, 11) is 0. The number of carbonyl (C=O) groups is 1. The van der Waals surface area contributed by atoms with Crippen LogP contribution in [0.5, 0.6) is 0 Å². The first kappa shape index (κ1) is 13.6. The fraction of sp³-hybridized carbons (Fsp3) is 0.188. The predicted octanol–water partition coefficient (Wildman–Crippen LogP) is 4.11. The summed E-state index contributed by atoms with van der Waals surface area (Å²) in [5.41, 5.74) is 8.59. The number of ketones is 1. The van der Waals surface area contributed by atoms with Crippen molar-refractivity contribution in [3.8, 4) is 0 Å². The monoisotopic (exact) mass is 273 g/mol. The quantitative estimate of drug-likeness (QED) is 0.673. The van der Waals surface area contributed by atoms with Gasteiger partial charge in [-0.15, -0.1) is 0 Å². The Morgan fingerprint density at radius 2 is 1.89 bits per heavy atom. The number of hydrogen-bond acceptors (Lipinski definition) is 2. The van der Waals surface area contributed by atoms with Gasteiger partial charge in [0.1, 0.15) is 0 Å². The maximum absolute atomic E-state index is 12.4. The normalized spacial score (nSPS) is 10.4. The van der Waals surface area contributed by atoms with Crippen LogP contribution < -0.4 is 5.73 Å². The summed E-state index contributed by atoms with van der Waals surface area (Å²) in [5, 5.41) is 0.469. The third kappa shape index (κ3) is 3.15. The fourth-order valence-corrected chi connectivity index (χ4v) is 2.13. The maximum atomic E-state index is 12.4. The van der Waals surface area contributed by atoms with E-state index in [4.69, 9.17) is 17.3 Å². The van der Waals surface area contributed by atoms with Crippen LogP contribution in [0, 0.1) is 0 Å². The van der Waals surface area contributed by atoms with Gasteiger partial charge in [0.2, 0.25) is 0 Å². The van der Waals surface area contributed by atoms with Crippen LogP contribution in [-0.2, 0) is 6.42 Å². The van der Waals surface area contributed by atoms with Crippen LogP contribution in [0.2, 0.25) is 5.02 Å². The standard InChI is InChI=1S/C16H16ClNO/c1-2-4-11-5-3-6-12(9-11)16(19)13-7-8-14(17)15(18)10-13/h3,5-10H,2,4,18H2,1H3. The van der Waals surface area contributed by atoms with Gasteiger partial charge in [0.05, 0.1) is 10.7 Å². The average Bonchev–Trinajstić information content (AvgIpc) is 2.42. The summed E-state index contributed by atoms with van der Waals surface area (Å²) in [4.78, 5) is 12.4. The lowest BCUT2D eigenvalue weighted by molar-refractivity contribution is 0.103. The van der Waals surface area contributed by atoms with Crippen LogP contribution in [0.25, 0.3) is 0 Å². The zero-order valence-electron chi connectivity index (χ0n) is 10.8. The molecular formula is C16H16ClNO. The summed E-state index contributed by atoms with van der Waals surface area (Å²) in [6.07, 6.45) is 2.04. The Kier molecular flexibility index (Phi) is 4.23. The maximum Gasteiger partial charge on any atom is 0.193 e. The molecule has 2 N–H and O–H groups in total. The number of anilines is 1. The first-order valence-corrected chi connectivity index (χ1v) is 6.68. The van der Waals surface area contributed by atoms with E-state index in [0.717, 1.165) is 12.8 Å². The second kappa shape index (κ2) is 5.89. The van der Waals surface area contributed by atoms with Crippen molar-refractivity contribution in [2.24, 2.45) is 0 Å². The minimum atomic E-state index is -0.0266. The average molecular weight is 274 g/mol. The van der Waals surface area contributed by atoms with Gasteiger partial charge in [0, 0.05) is 11.1 Å². The zero-order valence-corrected chi connectivity index (χ0v) is 11.6. The second-order valence-corrected chi connectivity index (χ2v) is 4.92. The van der Waals surface area contributed by atoms with Crippen LogP contribution >= 0.6 is 11.6 Å². The lowest BCUT2D eigenvalue weighted by Crippen LogP contribution is -2.03. The molecule has 0 aliphatic heterocycles. The van der Waals surface area contributed by atoms with Crippen molar-refractivity contribution in [3.63, 3.8) is 0 Å². The Morgan fingerprint density at radius 3 is 2.58 bits per heavy atom. The molecule has 0 bridgehead atoms. The number of nitrogens with two attached hydrogens (primary N) is 1. The summed E-state index contributed by atoms with van der Waals surface area (Å²) in [6.45, 7) is 2.12. The summed E-state index contributed by atoms with van der Waals surface area (Å²) in [5.74, 6) is -0.0266. The molecule has 3 heteroatoms. The minimum absolute atomic E-state index is 0.0266. The molecule has 2 aromatic rings. The van der Waals surface area contributed by atoms with E-state index in [1.165, 1.54) is 5.56 Å². The minimum Gasteiger partial charge on any atom is -0.398 e. The highest BCUT2D eigenvalue weighted by Gasteiger charge is 2.10. The molecular weight excluding hydrogens is 258 g/mol. The molecule has 0 fully saturated rings. The van der Waals surface area contributed by atoms with E-state index in [1.54, 1.807) is 18.2 Å². The molecule has 2 nitrogen and oxygen atoms in total. The Balaban J connectivity index is 2.32. The molecule has 0 radical (unpaired) electrons. The van der Waals surface area contributed by atoms with Crippen molar-refractivity contribution >= 4 is 23.1 Å². The van der Waals surface area contributed by atoms with Crippen LogP contribution in [0.1, 0.15) is 34.8 Å². The van der Waals surface area contributed by atoms with E-state index >= 15 is 0 Å². The molecule has 0 unspecified atom stereocenters. The first-order valence-electron chi connectivity index (χ1n) is 6.30. The van der Waals surface area contributed by atoms with E-state index in [0.29, 0.717) is 21.8 Å². The Bertz CT molecular complexity index is 607. The van der Waals surface area contributed by atoms with Gasteiger partial charge in [-0.05, 0) is 36.2 Å². The number of halogens is 1. The Morgan fingerprint density at radius 1 is 1.16 bits per heavy atom. The molecule has 0 aliphatic carbocycles. The molecule has 98 valence electrons. The van der Waals surface area contributed by atoms with E-state index < -0.39 is 0 Å². The van der Waals surface area contributed by atoms with Crippen molar-refractivity contribution in [1.29, 1.82) is 0 Å². The lowest BCUT2D eigenvalue weighted by Gasteiger charge is -2.06. The van der Waals surface area contributed by atoms with Crippen LogP contribution in [0.15, 0.2) is 42.5 Å². The van der Waals surface area contributed by atoms with E-state index in [1.807, 2.05) is 24.3 Å². The molecule has 0 saturated heterocycles. The third-order valence-electron chi connectivity index (χ3n) is 2.99. The molecule has 2 rings (SSSR count). The zero-order chi connectivity index (χ0) is 13.8. The third-order valence-corrected chi connectivity index (χ3v) is 3.33. The molecule has 0 heterocycles. The van der Waals surface area contributed by atoms with Gasteiger partial charge in [-0.2, -0.15) is 0 Å². The van der Waals surface area contributed by atoms with Crippen molar-refractivity contribution in [2.45, 2.75) is 19.8 Å². The molecule has 0 atom stereocenters. The molecule has 2 aromatic carbocycles. The van der Waals surface area contributed by atoms with Gasteiger partial charge in [0.15, 0.2) is 5.78 Å². The van der Waals surface area contributed by atoms with E-state index in [9.17, 15) is 4.79 Å². The number of benzene rings is 2. The number of carbonyl (C=O) groups excluding carboxylic acids is 1. The smallest absolute Gasteiger partial charge is 0.193 e. The van der Waals surface area contributed by atoms with Gasteiger partial charge in [-0.3, -0.25) is 4.79 Å². The summed E-state index contributed by atoms with van der Waals surface area (Å²) >= 11 is 5.86. The summed E-state index contributed by atoms with van der Waals surface area (Å²) in [6, 6.07) is 12.7. The van der Waals surface area contributed by atoms with Crippen LogP contribution in [-0.4, -0.2) is 5.78 Å². The molecule has 0 aromatic heterocycles. The molecule has 0 saturated carbocycles. The first-order chi connectivity index (χ1) is 9.11. The highest BCUT2D eigenvalue weighted by molar-refractivity contribution is 6.33. The van der Waals surface area contributed by atoms with Gasteiger partial charge >= 0.3 is 0 Å². The van der Waals surface area contributed by atoms with Gasteiger partial charge in [0.25, 0.3) is 0 Å². The largest absolute Gasteiger partial charge is 0.398 e. The number of aryl methyl sites for hydroxylation is 1. The van der Waals surface area contributed by atoms with Gasteiger partial charge in [-0.25, -0.2) is 0 Å². The van der Waals surface area contributed by atoms with E-state index in [2.05, 4.69) is 6.92 Å². The molecule has 0 aliphatic rings. The van der Waals surface area contributed by atoms with Crippen molar-refractivity contribution in [1.82, 2.24) is 0 Å². The van der Waals surface area contributed by atoms with Crippen molar-refractivity contribution < 1.29 is 4.79 Å². The molecule has 0 amide bonds. The van der Waals surface area contributed by atoms with Crippen LogP contribution in [0.4, 0.5) is 5.69 Å². The van der Waals surface area contributed by atoms with E-state index in [-0.39, 0.29) is 5.78 Å². The molecule has 0 spiro atoms. The Labute approximate surface area is 118 Å². The van der Waals surface area contributed by atoms with Gasteiger partial charge in [-0.1, -0.05) is 43.1 Å². The number of hydrogen-bond donors (Lipinski definition) is 1. The summed E-state index contributed by atoms with van der Waals surface area (Å²) < 4.78 is 0. The Hall–Kier alpha value is -1.80. The van der Waals surface area contributed by atoms with Crippen LogP contribution in [0.3, 0.4) is 0 Å². The van der Waals surface area contributed by atoms with Crippen molar-refractivity contribution in [3.05, 3.63) is 64.2 Å². The number of nitrogen functional groups attached to an aromatic ring is 1. The SMILES string of the molecule is CCCc1cccc(C(=O)c2ccc(Cl)c(N)c2)c1. The second-order valence-electron chi connectivity index (χ2n) is 4.52. The molecule has 19 heavy (non-hydrogen) atoms. The topological polar surface area (TPSA) is 43.1 Å². The fourth-order valence-electron chi connectivity index (χ4n) is 2.01. The lowest BCUT2D eigenvalue weighted by atomic mass is 9.99. The van der Waals surface area contributed by atoms with Crippen molar-refractivity contribution in [2.75, 3.05) is 5.73 Å². The van der Waals surface area contributed by atoms with Gasteiger partial charge < -0.3 is 5.73 Å². The number of rotatable bonds is 4.